The molecule has 0 fully saturated rings. The third-order valence-corrected chi connectivity index (χ3v) is 3.77. The van der Waals surface area contributed by atoms with E-state index in [1.165, 1.54) is 51.4 Å². The Balaban J connectivity index is 0. The number of hydrogen-bond acceptors (Lipinski definition) is 4. The molecule has 23 heavy (non-hydrogen) atoms. The van der Waals surface area contributed by atoms with Gasteiger partial charge in [-0.15, -0.1) is 0 Å². The first kappa shape index (κ1) is 25.8. The van der Waals surface area contributed by atoms with Crippen molar-refractivity contribution in [3.8, 4) is 0 Å². The molecule has 0 aromatic rings. The van der Waals surface area contributed by atoms with Gasteiger partial charge in [-0.2, -0.15) is 0 Å². The van der Waals surface area contributed by atoms with Crippen molar-refractivity contribution in [1.82, 2.24) is 0 Å². The first-order valence-corrected chi connectivity index (χ1v) is 9.02. The molecule has 0 aromatic heterocycles. The Bertz CT molecular complexity index is 282. The van der Waals surface area contributed by atoms with Gasteiger partial charge in [0.2, 0.25) is 0 Å². The van der Waals surface area contributed by atoms with Crippen molar-refractivity contribution in [2.24, 2.45) is 0 Å². The summed E-state index contributed by atoms with van der Waals surface area (Å²) in [4.78, 5) is 21.6. The van der Waals surface area contributed by atoms with Crippen LogP contribution in [-0.4, -0.2) is 18.5 Å². The first-order valence-electron chi connectivity index (χ1n) is 9.02. The van der Waals surface area contributed by atoms with E-state index in [2.05, 4.69) is 6.92 Å². The molecule has 0 spiro atoms. The number of carboxylic acids is 1. The van der Waals surface area contributed by atoms with Gasteiger partial charge in [0, 0.05) is 12.4 Å². The maximum atomic E-state index is 11.4. The van der Waals surface area contributed by atoms with Gasteiger partial charge in [0.25, 0.3) is 0 Å². The molecule has 0 N–H and O–H groups in total. The van der Waals surface area contributed by atoms with Crippen molar-refractivity contribution < 1.29 is 70.8 Å². The molecule has 0 amide bonds. The Labute approximate surface area is 184 Å². The standard InChI is InChI=1S/C18H34O4.K/c1-2-3-4-5-6-7-8-9-10-13-16-22-18(21)15-12-11-14-17(19)20;/h2-16H2,1H3,(H,19,20);/q;+1/p-1. The van der Waals surface area contributed by atoms with Gasteiger partial charge >= 0.3 is 57.4 Å². The van der Waals surface area contributed by atoms with Crippen molar-refractivity contribution in [3.05, 3.63) is 0 Å². The number of hydrogen-bond donors (Lipinski definition) is 0. The molecule has 0 radical (unpaired) electrons. The van der Waals surface area contributed by atoms with E-state index in [0.717, 1.165) is 12.8 Å². The fourth-order valence-electron chi connectivity index (χ4n) is 2.39. The third-order valence-electron chi connectivity index (χ3n) is 3.77. The van der Waals surface area contributed by atoms with Crippen molar-refractivity contribution in [2.45, 2.75) is 96.8 Å². The van der Waals surface area contributed by atoms with Crippen molar-refractivity contribution in [2.75, 3.05) is 6.61 Å². The van der Waals surface area contributed by atoms with Crippen LogP contribution in [0.25, 0.3) is 0 Å². The second-order valence-electron chi connectivity index (χ2n) is 5.98. The Hall–Kier alpha value is 0.576. The van der Waals surface area contributed by atoms with Crippen LogP contribution in [0.15, 0.2) is 0 Å². The number of esters is 1. The van der Waals surface area contributed by atoms with E-state index in [1.54, 1.807) is 0 Å². The van der Waals surface area contributed by atoms with Gasteiger partial charge in [-0.05, 0) is 25.7 Å². The first-order chi connectivity index (χ1) is 10.7. The summed E-state index contributed by atoms with van der Waals surface area (Å²) >= 11 is 0. The molecule has 0 aliphatic rings. The fourth-order valence-corrected chi connectivity index (χ4v) is 2.39. The van der Waals surface area contributed by atoms with E-state index in [4.69, 9.17) is 4.74 Å². The molecule has 0 rings (SSSR count). The summed E-state index contributed by atoms with van der Waals surface area (Å²) < 4.78 is 5.12. The summed E-state index contributed by atoms with van der Waals surface area (Å²) in [5, 5.41) is 10.2. The maximum Gasteiger partial charge on any atom is 1.00 e. The predicted molar refractivity (Wildman–Crippen MR) is 86.3 cm³/mol. The smallest absolute Gasteiger partial charge is 0.550 e. The predicted octanol–water partition coefficient (Wildman–Crippen LogP) is 0.765. The van der Waals surface area contributed by atoms with Gasteiger partial charge in [0.1, 0.15) is 0 Å². The van der Waals surface area contributed by atoms with E-state index >= 15 is 0 Å². The molecule has 0 saturated carbocycles. The van der Waals surface area contributed by atoms with Crippen LogP contribution in [-0.2, 0) is 14.3 Å². The molecule has 0 unspecified atom stereocenters. The number of rotatable bonds is 16. The van der Waals surface area contributed by atoms with E-state index in [0.29, 0.717) is 25.9 Å². The molecule has 130 valence electrons. The largest absolute Gasteiger partial charge is 1.00 e. The molecular formula is C18H33KO4. The molecule has 0 aliphatic heterocycles. The summed E-state index contributed by atoms with van der Waals surface area (Å²) in [7, 11) is 0. The molecule has 0 heterocycles. The summed E-state index contributed by atoms with van der Waals surface area (Å²) in [5.41, 5.74) is 0. The third kappa shape index (κ3) is 22.6. The number of aliphatic carboxylic acids is 1. The Morgan fingerprint density at radius 2 is 1.22 bits per heavy atom. The average molecular weight is 353 g/mol. The monoisotopic (exact) mass is 352 g/mol. The van der Waals surface area contributed by atoms with Crippen LogP contribution in [0, 0.1) is 0 Å². The van der Waals surface area contributed by atoms with E-state index in [-0.39, 0.29) is 63.8 Å². The van der Waals surface area contributed by atoms with Crippen LogP contribution in [0.4, 0.5) is 0 Å². The Kier molecular flexibility index (Phi) is 23.1. The number of unbranched alkanes of at least 4 members (excludes halogenated alkanes) is 10. The van der Waals surface area contributed by atoms with Crippen LogP contribution >= 0.6 is 0 Å². The van der Waals surface area contributed by atoms with E-state index in [1.807, 2.05) is 0 Å². The summed E-state index contributed by atoms with van der Waals surface area (Å²) in [5.74, 6) is -1.27. The van der Waals surface area contributed by atoms with Gasteiger partial charge in [-0.25, -0.2) is 0 Å². The number of carbonyl (C=O) groups excluding carboxylic acids is 2. The summed E-state index contributed by atoms with van der Waals surface area (Å²) in [6.45, 7) is 2.73. The van der Waals surface area contributed by atoms with Crippen molar-refractivity contribution in [3.63, 3.8) is 0 Å². The van der Waals surface area contributed by atoms with Gasteiger partial charge in [-0.1, -0.05) is 64.7 Å². The molecule has 0 atom stereocenters. The molecule has 4 nitrogen and oxygen atoms in total. The van der Waals surface area contributed by atoms with Crippen molar-refractivity contribution >= 4 is 11.9 Å². The maximum absolute atomic E-state index is 11.4. The minimum Gasteiger partial charge on any atom is -0.550 e. The second-order valence-corrected chi connectivity index (χ2v) is 5.98. The second kappa shape index (κ2) is 20.6. The van der Waals surface area contributed by atoms with Crippen molar-refractivity contribution in [1.29, 1.82) is 0 Å². The zero-order valence-electron chi connectivity index (χ0n) is 15.2. The quantitative estimate of drug-likeness (QED) is 0.234. The Morgan fingerprint density at radius 1 is 0.739 bits per heavy atom. The molecule has 5 heteroatoms. The number of carboxylic acid groups (broad SMARTS) is 1. The van der Waals surface area contributed by atoms with E-state index in [9.17, 15) is 14.7 Å². The topological polar surface area (TPSA) is 66.4 Å². The molecule has 0 saturated heterocycles. The van der Waals surface area contributed by atoms with Crippen LogP contribution in [0.3, 0.4) is 0 Å². The number of carbonyl (C=O) groups is 2. The van der Waals surface area contributed by atoms with Gasteiger partial charge < -0.3 is 14.6 Å². The van der Waals surface area contributed by atoms with Gasteiger partial charge in [0.05, 0.1) is 6.61 Å². The van der Waals surface area contributed by atoms with Crippen LogP contribution in [0.1, 0.15) is 96.8 Å². The fraction of sp³-hybridized carbons (Fsp3) is 0.889. The van der Waals surface area contributed by atoms with E-state index < -0.39 is 5.97 Å². The SMILES string of the molecule is CCCCCCCCCCCCOC(=O)CCCCC(=O)[O-].[K+]. The summed E-state index contributed by atoms with van der Waals surface area (Å²) in [6, 6.07) is 0. The minimum atomic E-state index is -1.06. The molecule has 0 aliphatic carbocycles. The minimum absolute atomic E-state index is 0. The van der Waals surface area contributed by atoms with Gasteiger partial charge in [0.15, 0.2) is 0 Å². The summed E-state index contributed by atoms with van der Waals surface area (Å²) in [6.07, 6.45) is 14.0. The van der Waals surface area contributed by atoms with Crippen LogP contribution in [0.2, 0.25) is 0 Å². The molecule has 0 bridgehead atoms. The molecule has 0 aromatic carbocycles. The zero-order valence-corrected chi connectivity index (χ0v) is 18.4. The zero-order chi connectivity index (χ0) is 16.5. The molecular weight excluding hydrogens is 319 g/mol. The number of ether oxygens (including phenoxy) is 1. The van der Waals surface area contributed by atoms with Gasteiger partial charge in [-0.3, -0.25) is 4.79 Å². The average Bonchev–Trinajstić information content (AvgIpc) is 2.49. The Morgan fingerprint density at radius 3 is 1.74 bits per heavy atom. The normalized spacial score (nSPS) is 10.1. The van der Waals surface area contributed by atoms with Crippen LogP contribution < -0.4 is 56.5 Å². The van der Waals surface area contributed by atoms with Crippen LogP contribution in [0.5, 0.6) is 0 Å².